The van der Waals surface area contributed by atoms with Crippen molar-refractivity contribution in [2.75, 3.05) is 10.0 Å². The van der Waals surface area contributed by atoms with E-state index in [0.717, 1.165) is 23.8 Å². The number of carbonyl (C=O) groups is 1. The number of halogens is 3. The van der Waals surface area contributed by atoms with Gasteiger partial charge in [0.15, 0.2) is 0 Å². The number of rotatable bonds is 5. The van der Waals surface area contributed by atoms with Gasteiger partial charge in [0.1, 0.15) is 0 Å². The van der Waals surface area contributed by atoms with Crippen LogP contribution in [0.5, 0.6) is 0 Å². The van der Waals surface area contributed by atoms with Crippen LogP contribution >= 0.6 is 0 Å². The van der Waals surface area contributed by atoms with Crippen molar-refractivity contribution < 1.29 is 26.4 Å². The first kappa shape index (κ1) is 21.4. The first-order valence-electron chi connectivity index (χ1n) is 8.73. The first-order chi connectivity index (χ1) is 14.0. The molecule has 30 heavy (non-hydrogen) atoms. The van der Waals surface area contributed by atoms with E-state index in [4.69, 9.17) is 0 Å². The standard InChI is InChI=1S/C21H17F3N2O3S/c1-14-5-2-9-18(11-14)26-30(28,29)19-10-3-6-15(12-19)20(27)25-17-8-4-7-16(13-17)21(22,23)24/h2-13,26H,1H3,(H,25,27). The molecule has 156 valence electrons. The zero-order valence-corrected chi connectivity index (χ0v) is 16.5. The molecule has 0 saturated heterocycles. The van der Waals surface area contributed by atoms with Crippen LogP contribution in [-0.2, 0) is 16.2 Å². The molecule has 0 atom stereocenters. The highest BCUT2D eigenvalue weighted by molar-refractivity contribution is 7.92. The van der Waals surface area contributed by atoms with E-state index < -0.39 is 27.7 Å². The molecule has 0 radical (unpaired) electrons. The number of hydrogen-bond donors (Lipinski definition) is 2. The number of benzene rings is 3. The average molecular weight is 434 g/mol. The number of alkyl halides is 3. The van der Waals surface area contributed by atoms with Crippen LogP contribution in [0.3, 0.4) is 0 Å². The fourth-order valence-electron chi connectivity index (χ4n) is 2.70. The lowest BCUT2D eigenvalue weighted by Crippen LogP contribution is -2.16. The van der Waals surface area contributed by atoms with Crippen molar-refractivity contribution in [1.29, 1.82) is 0 Å². The molecular formula is C21H17F3N2O3S. The summed E-state index contributed by atoms with van der Waals surface area (Å²) in [4.78, 5) is 12.3. The molecule has 1 amide bonds. The van der Waals surface area contributed by atoms with Crippen LogP contribution in [0.15, 0.2) is 77.7 Å². The maximum absolute atomic E-state index is 12.8. The second-order valence-electron chi connectivity index (χ2n) is 6.54. The van der Waals surface area contributed by atoms with Gasteiger partial charge in [-0.2, -0.15) is 13.2 Å². The van der Waals surface area contributed by atoms with Crippen molar-refractivity contribution >= 4 is 27.3 Å². The minimum Gasteiger partial charge on any atom is -0.322 e. The molecule has 0 fully saturated rings. The Balaban J connectivity index is 1.82. The molecule has 0 aliphatic heterocycles. The van der Waals surface area contributed by atoms with Crippen molar-refractivity contribution in [3.05, 3.63) is 89.5 Å². The van der Waals surface area contributed by atoms with Crippen molar-refractivity contribution in [1.82, 2.24) is 0 Å². The molecule has 0 aliphatic carbocycles. The van der Waals surface area contributed by atoms with Crippen molar-refractivity contribution in [3.8, 4) is 0 Å². The van der Waals surface area contributed by atoms with Crippen LogP contribution in [0.4, 0.5) is 24.5 Å². The molecule has 0 spiro atoms. The van der Waals surface area contributed by atoms with E-state index >= 15 is 0 Å². The molecule has 5 nitrogen and oxygen atoms in total. The smallest absolute Gasteiger partial charge is 0.322 e. The van der Waals surface area contributed by atoms with Gasteiger partial charge in [0.25, 0.3) is 15.9 Å². The number of sulfonamides is 1. The molecule has 3 aromatic carbocycles. The Labute approximate surface area is 171 Å². The zero-order chi connectivity index (χ0) is 21.9. The molecule has 0 heterocycles. The SMILES string of the molecule is Cc1cccc(NS(=O)(=O)c2cccc(C(=O)Nc3cccc(C(F)(F)F)c3)c2)c1. The summed E-state index contributed by atoms with van der Waals surface area (Å²) in [5, 5.41) is 2.35. The van der Waals surface area contributed by atoms with E-state index in [1.807, 2.05) is 13.0 Å². The lowest BCUT2D eigenvalue weighted by molar-refractivity contribution is -0.137. The molecule has 0 aliphatic rings. The normalized spacial score (nSPS) is 11.7. The Kier molecular flexibility index (Phi) is 5.84. The Morgan fingerprint density at radius 1 is 0.867 bits per heavy atom. The van der Waals surface area contributed by atoms with E-state index in [1.165, 1.54) is 30.3 Å². The summed E-state index contributed by atoms with van der Waals surface area (Å²) in [5.41, 5.74) is 0.262. The number of carbonyl (C=O) groups excluding carboxylic acids is 1. The number of nitrogens with one attached hydrogen (secondary N) is 2. The van der Waals surface area contributed by atoms with Gasteiger partial charge in [0.05, 0.1) is 10.5 Å². The first-order valence-corrected chi connectivity index (χ1v) is 10.2. The lowest BCUT2D eigenvalue weighted by Gasteiger charge is -2.11. The van der Waals surface area contributed by atoms with Gasteiger partial charge in [0.2, 0.25) is 0 Å². The quantitative estimate of drug-likeness (QED) is 0.589. The van der Waals surface area contributed by atoms with Gasteiger partial charge in [-0.05, 0) is 61.0 Å². The van der Waals surface area contributed by atoms with Crippen LogP contribution in [0.2, 0.25) is 0 Å². The number of amides is 1. The molecule has 0 unspecified atom stereocenters. The fourth-order valence-corrected chi connectivity index (χ4v) is 3.80. The van der Waals surface area contributed by atoms with E-state index in [2.05, 4.69) is 10.0 Å². The lowest BCUT2D eigenvalue weighted by atomic mass is 10.1. The third-order valence-corrected chi connectivity index (χ3v) is 5.50. The molecule has 0 bridgehead atoms. The van der Waals surface area contributed by atoms with Crippen LogP contribution in [0, 0.1) is 6.92 Å². The average Bonchev–Trinajstić information content (AvgIpc) is 2.67. The number of aryl methyl sites for hydroxylation is 1. The maximum Gasteiger partial charge on any atom is 0.416 e. The minimum atomic E-state index is -4.55. The maximum atomic E-state index is 12.8. The van der Waals surface area contributed by atoms with Crippen molar-refractivity contribution in [3.63, 3.8) is 0 Å². The van der Waals surface area contributed by atoms with Gasteiger partial charge in [-0.15, -0.1) is 0 Å². The van der Waals surface area contributed by atoms with Crippen molar-refractivity contribution in [2.45, 2.75) is 18.0 Å². The Morgan fingerprint density at radius 3 is 2.23 bits per heavy atom. The summed E-state index contributed by atoms with van der Waals surface area (Å²) in [6.45, 7) is 1.82. The van der Waals surface area contributed by atoms with E-state index in [-0.39, 0.29) is 16.1 Å². The van der Waals surface area contributed by atoms with E-state index in [0.29, 0.717) is 5.69 Å². The molecule has 0 aromatic heterocycles. The Morgan fingerprint density at radius 2 is 1.53 bits per heavy atom. The van der Waals surface area contributed by atoms with Crippen LogP contribution in [0.1, 0.15) is 21.5 Å². The van der Waals surface area contributed by atoms with Gasteiger partial charge in [-0.3, -0.25) is 9.52 Å². The molecule has 2 N–H and O–H groups in total. The molecule has 9 heteroatoms. The number of hydrogen-bond acceptors (Lipinski definition) is 3. The monoisotopic (exact) mass is 434 g/mol. The van der Waals surface area contributed by atoms with Gasteiger partial charge < -0.3 is 5.32 Å². The van der Waals surface area contributed by atoms with Gasteiger partial charge in [0, 0.05) is 16.9 Å². The highest BCUT2D eigenvalue weighted by atomic mass is 32.2. The van der Waals surface area contributed by atoms with Crippen LogP contribution in [-0.4, -0.2) is 14.3 Å². The predicted molar refractivity (Wildman–Crippen MR) is 108 cm³/mol. The highest BCUT2D eigenvalue weighted by Crippen LogP contribution is 2.30. The molecule has 0 saturated carbocycles. The largest absolute Gasteiger partial charge is 0.416 e. The topological polar surface area (TPSA) is 75.3 Å². The van der Waals surface area contributed by atoms with Crippen LogP contribution in [0.25, 0.3) is 0 Å². The van der Waals surface area contributed by atoms with Gasteiger partial charge >= 0.3 is 6.18 Å². The highest BCUT2D eigenvalue weighted by Gasteiger charge is 2.30. The summed E-state index contributed by atoms with van der Waals surface area (Å²) in [5.74, 6) is -0.734. The van der Waals surface area contributed by atoms with E-state index in [1.54, 1.807) is 18.2 Å². The predicted octanol–water partition coefficient (Wildman–Crippen LogP) is 5.07. The van der Waals surface area contributed by atoms with Crippen molar-refractivity contribution in [2.24, 2.45) is 0 Å². The number of anilines is 2. The van der Waals surface area contributed by atoms with Crippen LogP contribution < -0.4 is 10.0 Å². The molecule has 3 rings (SSSR count). The van der Waals surface area contributed by atoms with Gasteiger partial charge in [-0.1, -0.05) is 24.3 Å². The molecule has 3 aromatic rings. The third-order valence-electron chi connectivity index (χ3n) is 4.12. The van der Waals surface area contributed by atoms with E-state index in [9.17, 15) is 26.4 Å². The van der Waals surface area contributed by atoms with Gasteiger partial charge in [-0.25, -0.2) is 8.42 Å². The zero-order valence-electron chi connectivity index (χ0n) is 15.7. The summed E-state index contributed by atoms with van der Waals surface area (Å²) < 4.78 is 66.2. The molecular weight excluding hydrogens is 417 g/mol. The minimum absolute atomic E-state index is 0.0143. The summed E-state index contributed by atoms with van der Waals surface area (Å²) in [6, 6.07) is 16.2. The third kappa shape index (κ3) is 5.18. The summed E-state index contributed by atoms with van der Waals surface area (Å²) in [6.07, 6.45) is -4.55. The second-order valence-corrected chi connectivity index (χ2v) is 8.22. The Bertz CT molecular complexity index is 1190. The summed E-state index contributed by atoms with van der Waals surface area (Å²) >= 11 is 0. The fraction of sp³-hybridized carbons (Fsp3) is 0.0952. The Hall–Kier alpha value is -3.33. The summed E-state index contributed by atoms with van der Waals surface area (Å²) in [7, 11) is -3.96. The second kappa shape index (κ2) is 8.19.